The van der Waals surface area contributed by atoms with Crippen molar-refractivity contribution in [2.45, 2.75) is 45.4 Å². The van der Waals surface area contributed by atoms with Crippen LogP contribution in [-0.2, 0) is 4.79 Å². The molecule has 0 saturated carbocycles. The highest BCUT2D eigenvalue weighted by molar-refractivity contribution is 5.80. The number of carbonyl (C=O) groups is 1. The van der Waals surface area contributed by atoms with Gasteiger partial charge in [0.15, 0.2) is 0 Å². The van der Waals surface area contributed by atoms with Crippen molar-refractivity contribution in [3.63, 3.8) is 0 Å². The molecule has 0 saturated heterocycles. The Bertz CT molecular complexity index is 170. The Hall–Kier alpha value is -0.590. The van der Waals surface area contributed by atoms with Gasteiger partial charge in [0, 0.05) is 12.3 Å². The smallest absolute Gasteiger partial charge is 0.135 e. The standard InChI is InChI=1S/C11H18O/c1-10-8-6-4-2-3-5-7-9-11(10)12/h2,4,10H,3,5-9H2,1H3/b4-2+. The van der Waals surface area contributed by atoms with Crippen LogP contribution in [0.1, 0.15) is 45.4 Å². The average Bonchev–Trinajstić information content (AvgIpc) is 2.08. The van der Waals surface area contributed by atoms with Gasteiger partial charge in [-0.3, -0.25) is 4.79 Å². The Balaban J connectivity index is 2.42. The van der Waals surface area contributed by atoms with Crippen molar-refractivity contribution < 1.29 is 4.79 Å². The third-order valence-corrected chi connectivity index (χ3v) is 2.53. The summed E-state index contributed by atoms with van der Waals surface area (Å²) in [6.07, 6.45) is 10.8. The van der Waals surface area contributed by atoms with Crippen molar-refractivity contribution in [3.8, 4) is 0 Å². The van der Waals surface area contributed by atoms with Crippen LogP contribution in [-0.4, -0.2) is 5.78 Å². The molecule has 1 rings (SSSR count). The van der Waals surface area contributed by atoms with Gasteiger partial charge in [0.05, 0.1) is 0 Å². The fraction of sp³-hybridized carbons (Fsp3) is 0.727. The molecule has 1 heteroatoms. The number of Topliss-reactive ketones (excluding diaryl/α,β-unsaturated/α-hetero) is 1. The normalized spacial score (nSPS) is 29.8. The number of rotatable bonds is 0. The molecule has 0 aromatic rings. The largest absolute Gasteiger partial charge is 0.299 e. The van der Waals surface area contributed by atoms with Crippen LogP contribution in [0.2, 0.25) is 0 Å². The van der Waals surface area contributed by atoms with E-state index in [1.54, 1.807) is 0 Å². The first-order valence-electron chi connectivity index (χ1n) is 4.98. The van der Waals surface area contributed by atoms with Gasteiger partial charge in [-0.25, -0.2) is 0 Å². The van der Waals surface area contributed by atoms with Crippen LogP contribution < -0.4 is 0 Å². The Morgan fingerprint density at radius 2 is 2.00 bits per heavy atom. The second-order valence-electron chi connectivity index (χ2n) is 3.66. The Morgan fingerprint density at radius 3 is 2.83 bits per heavy atom. The average molecular weight is 166 g/mol. The van der Waals surface area contributed by atoms with E-state index >= 15 is 0 Å². The molecule has 0 aromatic heterocycles. The van der Waals surface area contributed by atoms with Crippen LogP contribution >= 0.6 is 0 Å². The molecular formula is C11H18O. The highest BCUT2D eigenvalue weighted by Crippen LogP contribution is 2.14. The van der Waals surface area contributed by atoms with Crippen LogP contribution in [0.25, 0.3) is 0 Å². The van der Waals surface area contributed by atoms with E-state index in [1.165, 1.54) is 6.42 Å². The van der Waals surface area contributed by atoms with Crippen molar-refractivity contribution >= 4 is 5.78 Å². The van der Waals surface area contributed by atoms with Gasteiger partial charge >= 0.3 is 0 Å². The predicted molar refractivity (Wildman–Crippen MR) is 51.0 cm³/mol. The summed E-state index contributed by atoms with van der Waals surface area (Å²) in [4.78, 5) is 11.4. The summed E-state index contributed by atoms with van der Waals surface area (Å²) in [7, 11) is 0. The molecule has 0 heterocycles. The van der Waals surface area contributed by atoms with Crippen molar-refractivity contribution in [1.82, 2.24) is 0 Å². The van der Waals surface area contributed by atoms with E-state index in [1.807, 2.05) is 0 Å². The van der Waals surface area contributed by atoms with Gasteiger partial charge in [-0.05, 0) is 32.1 Å². The molecule has 1 nitrogen and oxygen atoms in total. The van der Waals surface area contributed by atoms with Crippen molar-refractivity contribution in [2.24, 2.45) is 5.92 Å². The maximum absolute atomic E-state index is 11.4. The fourth-order valence-electron chi connectivity index (χ4n) is 1.55. The van der Waals surface area contributed by atoms with Gasteiger partial charge in [0.25, 0.3) is 0 Å². The van der Waals surface area contributed by atoms with Gasteiger partial charge < -0.3 is 0 Å². The van der Waals surface area contributed by atoms with E-state index < -0.39 is 0 Å². The molecule has 0 bridgehead atoms. The van der Waals surface area contributed by atoms with Crippen LogP contribution in [0.15, 0.2) is 12.2 Å². The molecule has 68 valence electrons. The lowest BCUT2D eigenvalue weighted by molar-refractivity contribution is -0.122. The summed E-state index contributed by atoms with van der Waals surface area (Å²) in [5.74, 6) is 0.748. The minimum absolute atomic E-state index is 0.285. The maximum Gasteiger partial charge on any atom is 0.135 e. The summed E-state index contributed by atoms with van der Waals surface area (Å²) < 4.78 is 0. The monoisotopic (exact) mass is 166 g/mol. The second-order valence-corrected chi connectivity index (χ2v) is 3.66. The summed E-state index contributed by atoms with van der Waals surface area (Å²) in [5.41, 5.74) is 0. The number of allylic oxidation sites excluding steroid dienone is 2. The first kappa shape index (κ1) is 9.50. The third kappa shape index (κ3) is 3.21. The molecule has 0 radical (unpaired) electrons. The van der Waals surface area contributed by atoms with E-state index in [0.29, 0.717) is 5.78 Å². The van der Waals surface area contributed by atoms with E-state index in [-0.39, 0.29) is 5.92 Å². The van der Waals surface area contributed by atoms with Crippen LogP contribution in [0.5, 0.6) is 0 Å². The molecule has 1 unspecified atom stereocenters. The van der Waals surface area contributed by atoms with E-state index in [2.05, 4.69) is 19.1 Å². The quantitative estimate of drug-likeness (QED) is 0.505. The molecule has 0 fully saturated rings. The summed E-state index contributed by atoms with van der Waals surface area (Å²) in [6.45, 7) is 2.05. The van der Waals surface area contributed by atoms with Crippen LogP contribution in [0.4, 0.5) is 0 Å². The van der Waals surface area contributed by atoms with Crippen molar-refractivity contribution in [3.05, 3.63) is 12.2 Å². The molecule has 0 aromatic carbocycles. The lowest BCUT2D eigenvalue weighted by Crippen LogP contribution is -2.10. The molecule has 0 aliphatic heterocycles. The number of hydrogen-bond acceptors (Lipinski definition) is 1. The van der Waals surface area contributed by atoms with E-state index in [4.69, 9.17) is 0 Å². The van der Waals surface area contributed by atoms with Crippen molar-refractivity contribution in [2.75, 3.05) is 0 Å². The lowest BCUT2D eigenvalue weighted by atomic mass is 9.95. The van der Waals surface area contributed by atoms with Gasteiger partial charge in [-0.15, -0.1) is 0 Å². The molecule has 12 heavy (non-hydrogen) atoms. The molecule has 0 spiro atoms. The first-order chi connectivity index (χ1) is 5.80. The lowest BCUT2D eigenvalue weighted by Gasteiger charge is -2.09. The molecule has 1 aliphatic carbocycles. The summed E-state index contributed by atoms with van der Waals surface area (Å²) in [5, 5.41) is 0. The number of carbonyl (C=O) groups excluding carboxylic acids is 1. The predicted octanol–water partition coefficient (Wildman–Crippen LogP) is 3.10. The van der Waals surface area contributed by atoms with Crippen LogP contribution in [0, 0.1) is 5.92 Å². The third-order valence-electron chi connectivity index (χ3n) is 2.53. The minimum atomic E-state index is 0.285. The summed E-state index contributed by atoms with van der Waals surface area (Å²) in [6, 6.07) is 0. The zero-order valence-electron chi connectivity index (χ0n) is 7.88. The summed E-state index contributed by atoms with van der Waals surface area (Å²) >= 11 is 0. The number of ketones is 1. The maximum atomic E-state index is 11.4. The highest BCUT2D eigenvalue weighted by Gasteiger charge is 2.11. The second kappa shape index (κ2) is 5.13. The fourth-order valence-corrected chi connectivity index (χ4v) is 1.55. The zero-order chi connectivity index (χ0) is 8.81. The number of hydrogen-bond donors (Lipinski definition) is 0. The topological polar surface area (TPSA) is 17.1 Å². The van der Waals surface area contributed by atoms with Gasteiger partial charge in [0.2, 0.25) is 0 Å². The van der Waals surface area contributed by atoms with Gasteiger partial charge in [-0.1, -0.05) is 19.1 Å². The molecule has 1 atom stereocenters. The van der Waals surface area contributed by atoms with E-state index in [0.717, 1.165) is 32.1 Å². The van der Waals surface area contributed by atoms with Crippen molar-refractivity contribution in [1.29, 1.82) is 0 Å². The molecule has 0 N–H and O–H groups in total. The Kier molecular flexibility index (Phi) is 4.06. The Labute approximate surface area is 74.9 Å². The molecular weight excluding hydrogens is 148 g/mol. The Morgan fingerprint density at radius 1 is 1.25 bits per heavy atom. The first-order valence-corrected chi connectivity index (χ1v) is 4.98. The zero-order valence-corrected chi connectivity index (χ0v) is 7.88. The SMILES string of the molecule is CC1CC/C=C/CCCCC1=O. The minimum Gasteiger partial charge on any atom is -0.299 e. The van der Waals surface area contributed by atoms with Gasteiger partial charge in [-0.2, -0.15) is 0 Å². The van der Waals surface area contributed by atoms with Gasteiger partial charge in [0.1, 0.15) is 5.78 Å². The van der Waals surface area contributed by atoms with Crippen LogP contribution in [0.3, 0.4) is 0 Å². The molecule has 1 aliphatic rings. The molecule has 0 amide bonds. The van der Waals surface area contributed by atoms with E-state index in [9.17, 15) is 4.79 Å². The highest BCUT2D eigenvalue weighted by atomic mass is 16.1.